The zero-order chi connectivity index (χ0) is 21.5. The van der Waals surface area contributed by atoms with E-state index in [4.69, 9.17) is 14.7 Å². The smallest absolute Gasteiger partial charge is 0.230 e. The third-order valence-corrected chi connectivity index (χ3v) is 5.42. The lowest BCUT2D eigenvalue weighted by Crippen LogP contribution is -2.15. The van der Waals surface area contributed by atoms with Gasteiger partial charge in [0.15, 0.2) is 0 Å². The molecule has 1 aromatic heterocycles. The summed E-state index contributed by atoms with van der Waals surface area (Å²) in [6.45, 7) is 6.44. The van der Waals surface area contributed by atoms with Gasteiger partial charge in [-0.1, -0.05) is 0 Å². The molecule has 0 aliphatic rings. The lowest BCUT2D eigenvalue weighted by molar-refractivity contribution is -0.115. The summed E-state index contributed by atoms with van der Waals surface area (Å²) in [5.41, 5.74) is 2.93. The van der Waals surface area contributed by atoms with E-state index in [1.54, 1.807) is 30.3 Å². The number of carbonyl (C=O) groups excluding carboxylic acids is 1. The van der Waals surface area contributed by atoms with Gasteiger partial charge in [-0.05, 0) is 68.8 Å². The maximum atomic E-state index is 12.4. The molecule has 30 heavy (non-hydrogen) atoms. The van der Waals surface area contributed by atoms with Crippen molar-refractivity contribution in [2.45, 2.75) is 33.3 Å². The number of hydrogen-bond acceptors (Lipinski definition) is 6. The molecule has 0 saturated heterocycles. The quantitative estimate of drug-likeness (QED) is 0.527. The van der Waals surface area contributed by atoms with Crippen LogP contribution >= 0.6 is 11.3 Å². The van der Waals surface area contributed by atoms with Crippen molar-refractivity contribution in [3.63, 3.8) is 0 Å². The molecule has 7 heteroatoms. The molecule has 0 spiro atoms. The van der Waals surface area contributed by atoms with Gasteiger partial charge in [-0.25, -0.2) is 4.98 Å². The minimum Gasteiger partial charge on any atom is -0.457 e. The van der Waals surface area contributed by atoms with Gasteiger partial charge in [0.2, 0.25) is 5.91 Å². The van der Waals surface area contributed by atoms with Crippen LogP contribution in [0.25, 0.3) is 0 Å². The van der Waals surface area contributed by atoms with E-state index in [1.165, 1.54) is 11.3 Å². The van der Waals surface area contributed by atoms with E-state index >= 15 is 0 Å². The van der Waals surface area contributed by atoms with Gasteiger partial charge in [-0.15, -0.1) is 11.3 Å². The molecular weight excluding hydrogens is 398 g/mol. The molecule has 2 aromatic carbocycles. The van der Waals surface area contributed by atoms with Crippen LogP contribution < -0.4 is 10.1 Å². The van der Waals surface area contributed by atoms with Crippen LogP contribution in [0, 0.1) is 18.3 Å². The Bertz CT molecular complexity index is 1050. The molecule has 3 rings (SSSR count). The van der Waals surface area contributed by atoms with Crippen molar-refractivity contribution in [1.82, 2.24) is 4.98 Å². The second-order valence-corrected chi connectivity index (χ2v) is 7.60. The maximum absolute atomic E-state index is 12.4. The Kier molecular flexibility index (Phi) is 7.17. The number of aromatic nitrogens is 1. The summed E-state index contributed by atoms with van der Waals surface area (Å²) < 4.78 is 11.4. The van der Waals surface area contributed by atoms with Crippen LogP contribution in [0.4, 0.5) is 5.69 Å². The molecule has 1 unspecified atom stereocenters. The molecule has 154 valence electrons. The third kappa shape index (κ3) is 5.66. The Morgan fingerprint density at radius 2 is 1.97 bits per heavy atom. The van der Waals surface area contributed by atoms with Crippen molar-refractivity contribution < 1.29 is 14.3 Å². The van der Waals surface area contributed by atoms with Crippen LogP contribution in [-0.4, -0.2) is 17.5 Å². The molecule has 0 bridgehead atoms. The van der Waals surface area contributed by atoms with Crippen LogP contribution in [0.2, 0.25) is 0 Å². The van der Waals surface area contributed by atoms with Crippen molar-refractivity contribution in [3.05, 3.63) is 69.7 Å². The van der Waals surface area contributed by atoms with Crippen molar-refractivity contribution in [3.8, 4) is 17.6 Å². The fourth-order valence-electron chi connectivity index (χ4n) is 2.84. The first kappa shape index (κ1) is 21.5. The number of nitrogens with zero attached hydrogens (tertiary/aromatic N) is 2. The van der Waals surface area contributed by atoms with Crippen molar-refractivity contribution in [1.29, 1.82) is 5.26 Å². The predicted octanol–water partition coefficient (Wildman–Crippen LogP) is 5.39. The number of nitrogens with one attached hydrogen (secondary N) is 1. The number of anilines is 1. The van der Waals surface area contributed by atoms with Gasteiger partial charge in [0.25, 0.3) is 0 Å². The lowest BCUT2D eigenvalue weighted by atomic mass is 10.2. The number of nitriles is 1. The summed E-state index contributed by atoms with van der Waals surface area (Å²) in [5, 5.41) is 14.6. The molecule has 0 aliphatic carbocycles. The molecule has 0 aliphatic heterocycles. The van der Waals surface area contributed by atoms with Gasteiger partial charge in [0.05, 0.1) is 23.7 Å². The predicted molar refractivity (Wildman–Crippen MR) is 117 cm³/mol. The van der Waals surface area contributed by atoms with Crippen LogP contribution in [-0.2, 0) is 16.0 Å². The summed E-state index contributed by atoms with van der Waals surface area (Å²) in [7, 11) is 0. The number of aryl methyl sites for hydroxylation is 1. The Labute approximate surface area is 180 Å². The van der Waals surface area contributed by atoms with E-state index in [0.717, 1.165) is 22.0 Å². The average molecular weight is 422 g/mol. The SMILES string of the molecule is CCOC(C)c1nc(CC(=O)Nc2ccc(Oc3ccc(C#N)cc3)cc2C)cs1. The number of hydrogen-bond donors (Lipinski definition) is 1. The maximum Gasteiger partial charge on any atom is 0.230 e. The number of ether oxygens (including phenoxy) is 2. The molecule has 1 atom stereocenters. The largest absolute Gasteiger partial charge is 0.457 e. The molecule has 0 radical (unpaired) electrons. The lowest BCUT2D eigenvalue weighted by Gasteiger charge is -2.11. The summed E-state index contributed by atoms with van der Waals surface area (Å²) in [6.07, 6.45) is 0.140. The Hall–Kier alpha value is -3.21. The highest BCUT2D eigenvalue weighted by Crippen LogP contribution is 2.27. The first-order valence-electron chi connectivity index (χ1n) is 9.63. The van der Waals surface area contributed by atoms with Crippen molar-refractivity contribution in [2.24, 2.45) is 0 Å². The van der Waals surface area contributed by atoms with E-state index in [9.17, 15) is 4.79 Å². The number of thiazole rings is 1. The molecule has 0 fully saturated rings. The summed E-state index contributed by atoms with van der Waals surface area (Å²) >= 11 is 1.50. The highest BCUT2D eigenvalue weighted by molar-refractivity contribution is 7.09. The zero-order valence-electron chi connectivity index (χ0n) is 17.1. The van der Waals surface area contributed by atoms with Crippen LogP contribution in [0.15, 0.2) is 47.8 Å². The van der Waals surface area contributed by atoms with E-state index in [0.29, 0.717) is 23.7 Å². The molecule has 1 amide bonds. The van der Waals surface area contributed by atoms with Gasteiger partial charge in [0, 0.05) is 17.7 Å². The fourth-order valence-corrected chi connectivity index (χ4v) is 3.67. The second kappa shape index (κ2) is 10.0. The normalized spacial score (nSPS) is 11.5. The van der Waals surface area contributed by atoms with Crippen LogP contribution in [0.5, 0.6) is 11.5 Å². The topological polar surface area (TPSA) is 84.2 Å². The van der Waals surface area contributed by atoms with E-state index in [1.807, 2.05) is 38.3 Å². The van der Waals surface area contributed by atoms with E-state index in [-0.39, 0.29) is 18.4 Å². The van der Waals surface area contributed by atoms with Gasteiger partial charge in [-0.2, -0.15) is 5.26 Å². The number of rotatable bonds is 8. The van der Waals surface area contributed by atoms with Gasteiger partial charge < -0.3 is 14.8 Å². The number of carbonyl (C=O) groups is 1. The minimum absolute atomic E-state index is 0.0669. The molecular formula is C23H23N3O3S. The van der Waals surface area contributed by atoms with Gasteiger partial charge in [-0.3, -0.25) is 4.79 Å². The summed E-state index contributed by atoms with van der Waals surface area (Å²) in [4.78, 5) is 16.9. The number of amides is 1. The second-order valence-electron chi connectivity index (χ2n) is 6.71. The fraction of sp³-hybridized carbons (Fsp3) is 0.261. The van der Waals surface area contributed by atoms with E-state index < -0.39 is 0 Å². The Morgan fingerprint density at radius 1 is 1.23 bits per heavy atom. The van der Waals surface area contributed by atoms with E-state index in [2.05, 4.69) is 16.4 Å². The highest BCUT2D eigenvalue weighted by Gasteiger charge is 2.13. The average Bonchev–Trinajstić information content (AvgIpc) is 3.19. The zero-order valence-corrected chi connectivity index (χ0v) is 18.0. The highest BCUT2D eigenvalue weighted by atomic mass is 32.1. The van der Waals surface area contributed by atoms with Crippen molar-refractivity contribution in [2.75, 3.05) is 11.9 Å². The first-order chi connectivity index (χ1) is 14.5. The molecule has 6 nitrogen and oxygen atoms in total. The van der Waals surface area contributed by atoms with Gasteiger partial charge >= 0.3 is 0 Å². The molecule has 1 heterocycles. The third-order valence-electron chi connectivity index (χ3n) is 4.37. The molecule has 0 saturated carbocycles. The van der Waals surface area contributed by atoms with Crippen molar-refractivity contribution >= 4 is 22.9 Å². The Morgan fingerprint density at radius 3 is 2.63 bits per heavy atom. The van der Waals surface area contributed by atoms with Crippen LogP contribution in [0.1, 0.15) is 41.8 Å². The minimum atomic E-state index is -0.125. The monoisotopic (exact) mass is 421 g/mol. The molecule has 3 aromatic rings. The number of benzene rings is 2. The Balaban J connectivity index is 1.60. The van der Waals surface area contributed by atoms with Crippen LogP contribution in [0.3, 0.4) is 0 Å². The first-order valence-corrected chi connectivity index (χ1v) is 10.5. The standard InChI is InChI=1S/C23H23N3O3S/c1-4-28-16(3)23-25-18(14-30-23)12-22(27)26-21-10-9-20(11-15(21)2)29-19-7-5-17(13-24)6-8-19/h5-11,14,16H,4,12H2,1-3H3,(H,26,27). The summed E-state index contributed by atoms with van der Waals surface area (Å²) in [6, 6.07) is 14.5. The molecule has 1 N–H and O–H groups in total. The van der Waals surface area contributed by atoms with Gasteiger partial charge in [0.1, 0.15) is 22.6 Å². The summed E-state index contributed by atoms with van der Waals surface area (Å²) in [5.74, 6) is 1.18.